The quantitative estimate of drug-likeness (QED) is 0.364. The van der Waals surface area contributed by atoms with Crippen molar-refractivity contribution in [3.63, 3.8) is 0 Å². The van der Waals surface area contributed by atoms with Crippen LogP contribution in [0.1, 0.15) is 26.3 Å². The van der Waals surface area contributed by atoms with Gasteiger partial charge in [-0.2, -0.15) is 5.10 Å². The summed E-state index contributed by atoms with van der Waals surface area (Å²) >= 11 is 0. The molecule has 0 aliphatic carbocycles. The van der Waals surface area contributed by atoms with E-state index in [0.29, 0.717) is 16.7 Å². The zero-order valence-corrected chi connectivity index (χ0v) is 18.7. The molecule has 2 heterocycles. The first-order chi connectivity index (χ1) is 15.8. The van der Waals surface area contributed by atoms with Crippen LogP contribution in [-0.4, -0.2) is 19.3 Å². The Morgan fingerprint density at radius 3 is 2.15 bits per heavy atom. The SMILES string of the molecule is CC(C)(C)c1ccc(-n2c(-c3ccccc3F)nc3c(cnn3-c3ccccc3)c2=O)cc1. The second kappa shape index (κ2) is 7.81. The number of nitrogens with zero attached hydrogens (tertiary/aromatic N) is 4. The predicted octanol–water partition coefficient (Wildman–Crippen LogP) is 5.68. The molecule has 164 valence electrons. The number of hydrogen-bond donors (Lipinski definition) is 0. The van der Waals surface area contributed by atoms with Crippen LogP contribution in [0.5, 0.6) is 0 Å². The number of fused-ring (bicyclic) bond motifs is 1. The molecule has 5 nitrogen and oxygen atoms in total. The highest BCUT2D eigenvalue weighted by atomic mass is 19.1. The molecule has 0 atom stereocenters. The van der Waals surface area contributed by atoms with Crippen LogP contribution in [0.2, 0.25) is 0 Å². The predicted molar refractivity (Wildman–Crippen MR) is 129 cm³/mol. The molecular weight excluding hydrogens is 415 g/mol. The van der Waals surface area contributed by atoms with Crippen molar-refractivity contribution in [2.75, 3.05) is 0 Å². The fourth-order valence-electron chi connectivity index (χ4n) is 3.90. The lowest BCUT2D eigenvalue weighted by atomic mass is 9.87. The molecule has 0 amide bonds. The van der Waals surface area contributed by atoms with Gasteiger partial charge in [0.05, 0.1) is 23.1 Å². The zero-order chi connectivity index (χ0) is 23.2. The lowest BCUT2D eigenvalue weighted by Gasteiger charge is -2.20. The monoisotopic (exact) mass is 438 g/mol. The van der Waals surface area contributed by atoms with Gasteiger partial charge in [-0.1, -0.05) is 63.2 Å². The van der Waals surface area contributed by atoms with Gasteiger partial charge in [-0.15, -0.1) is 0 Å². The maximum absolute atomic E-state index is 14.9. The summed E-state index contributed by atoms with van der Waals surface area (Å²) < 4.78 is 18.0. The van der Waals surface area contributed by atoms with Gasteiger partial charge in [0.2, 0.25) is 0 Å². The molecule has 0 aliphatic rings. The standard InChI is InChI=1S/C27H23FN4O/c1-27(2,3)18-13-15-19(16-14-18)31-24(21-11-7-8-12-23(21)28)30-25-22(26(31)33)17-29-32(25)20-9-5-4-6-10-20/h4-17H,1-3H3. The number of rotatable bonds is 3. The molecule has 5 aromatic rings. The second-order valence-electron chi connectivity index (χ2n) is 8.98. The maximum Gasteiger partial charge on any atom is 0.269 e. The topological polar surface area (TPSA) is 52.7 Å². The summed E-state index contributed by atoms with van der Waals surface area (Å²) in [6.07, 6.45) is 1.52. The van der Waals surface area contributed by atoms with Gasteiger partial charge in [0.15, 0.2) is 11.5 Å². The van der Waals surface area contributed by atoms with Crippen LogP contribution in [-0.2, 0) is 5.41 Å². The summed E-state index contributed by atoms with van der Waals surface area (Å²) in [7, 11) is 0. The first-order valence-corrected chi connectivity index (χ1v) is 10.8. The number of benzene rings is 3. The van der Waals surface area contributed by atoms with E-state index in [0.717, 1.165) is 11.3 Å². The molecule has 5 rings (SSSR count). The van der Waals surface area contributed by atoms with Crippen LogP contribution in [0.4, 0.5) is 4.39 Å². The van der Waals surface area contributed by atoms with E-state index in [1.807, 2.05) is 54.6 Å². The molecule has 33 heavy (non-hydrogen) atoms. The Balaban J connectivity index is 1.82. The van der Waals surface area contributed by atoms with E-state index in [2.05, 4.69) is 25.9 Å². The average molecular weight is 439 g/mol. The van der Waals surface area contributed by atoms with Crippen LogP contribution in [0.3, 0.4) is 0 Å². The Kier molecular flexibility index (Phi) is 4.93. The zero-order valence-electron chi connectivity index (χ0n) is 18.7. The normalized spacial score (nSPS) is 11.8. The highest BCUT2D eigenvalue weighted by Crippen LogP contribution is 2.27. The summed E-state index contributed by atoms with van der Waals surface area (Å²) in [5.41, 5.74) is 2.82. The third-order valence-electron chi connectivity index (χ3n) is 5.71. The lowest BCUT2D eigenvalue weighted by molar-refractivity contribution is 0.590. The Labute approximate surface area is 190 Å². The van der Waals surface area contributed by atoms with Gasteiger partial charge in [-0.05, 0) is 47.4 Å². The summed E-state index contributed by atoms with van der Waals surface area (Å²) in [5.74, 6) is -0.221. The molecule has 0 saturated carbocycles. The molecule has 0 aliphatic heterocycles. The number of halogens is 1. The fraction of sp³-hybridized carbons (Fsp3) is 0.148. The molecule has 0 bridgehead atoms. The minimum atomic E-state index is -0.449. The van der Waals surface area contributed by atoms with Crippen molar-refractivity contribution in [1.29, 1.82) is 0 Å². The van der Waals surface area contributed by atoms with Gasteiger partial charge in [0.1, 0.15) is 11.2 Å². The van der Waals surface area contributed by atoms with E-state index in [9.17, 15) is 9.18 Å². The molecule has 2 aromatic heterocycles. The summed E-state index contributed by atoms with van der Waals surface area (Å²) in [5, 5.41) is 4.77. The van der Waals surface area contributed by atoms with Crippen molar-refractivity contribution in [3.05, 3.63) is 107 Å². The highest BCUT2D eigenvalue weighted by molar-refractivity contribution is 5.79. The van der Waals surface area contributed by atoms with Crippen LogP contribution in [0, 0.1) is 5.82 Å². The minimum Gasteiger partial charge on any atom is -0.268 e. The first kappa shape index (κ1) is 20.8. The van der Waals surface area contributed by atoms with E-state index < -0.39 is 5.82 Å². The Morgan fingerprint density at radius 1 is 0.818 bits per heavy atom. The van der Waals surface area contributed by atoms with Crippen LogP contribution in [0.25, 0.3) is 33.8 Å². The van der Waals surface area contributed by atoms with Gasteiger partial charge in [0.25, 0.3) is 5.56 Å². The summed E-state index contributed by atoms with van der Waals surface area (Å²) in [4.78, 5) is 18.5. The summed E-state index contributed by atoms with van der Waals surface area (Å²) in [6, 6.07) is 23.5. The molecular formula is C27H23FN4O. The van der Waals surface area contributed by atoms with E-state index in [1.165, 1.54) is 16.8 Å². The third kappa shape index (κ3) is 3.63. The largest absolute Gasteiger partial charge is 0.269 e. The Hall–Kier alpha value is -4.06. The number of hydrogen-bond acceptors (Lipinski definition) is 3. The molecule has 0 radical (unpaired) electrons. The van der Waals surface area contributed by atoms with E-state index >= 15 is 0 Å². The highest BCUT2D eigenvalue weighted by Gasteiger charge is 2.21. The molecule has 6 heteroatoms. The van der Waals surface area contributed by atoms with E-state index in [4.69, 9.17) is 4.98 Å². The number of aromatic nitrogens is 4. The molecule has 0 spiro atoms. The van der Waals surface area contributed by atoms with Crippen molar-refractivity contribution in [2.24, 2.45) is 0 Å². The maximum atomic E-state index is 14.9. The minimum absolute atomic E-state index is 0.0309. The van der Waals surface area contributed by atoms with Crippen molar-refractivity contribution >= 4 is 11.0 Å². The smallest absolute Gasteiger partial charge is 0.268 e. The average Bonchev–Trinajstić information content (AvgIpc) is 3.24. The Bertz CT molecular complexity index is 1510. The van der Waals surface area contributed by atoms with E-state index in [-0.39, 0.29) is 22.4 Å². The van der Waals surface area contributed by atoms with Gasteiger partial charge in [0, 0.05) is 0 Å². The van der Waals surface area contributed by atoms with Crippen LogP contribution < -0.4 is 5.56 Å². The summed E-state index contributed by atoms with van der Waals surface area (Å²) in [6.45, 7) is 6.39. The fourth-order valence-corrected chi connectivity index (χ4v) is 3.90. The number of para-hydroxylation sites is 1. The van der Waals surface area contributed by atoms with Crippen molar-refractivity contribution in [3.8, 4) is 22.8 Å². The van der Waals surface area contributed by atoms with E-state index in [1.54, 1.807) is 22.9 Å². The van der Waals surface area contributed by atoms with Gasteiger partial charge < -0.3 is 0 Å². The Morgan fingerprint density at radius 2 is 1.48 bits per heavy atom. The molecule has 0 N–H and O–H groups in total. The molecule has 0 unspecified atom stereocenters. The van der Waals surface area contributed by atoms with Gasteiger partial charge in [-0.3, -0.25) is 9.36 Å². The molecule has 0 saturated heterocycles. The molecule has 3 aromatic carbocycles. The second-order valence-corrected chi connectivity index (χ2v) is 8.98. The van der Waals surface area contributed by atoms with Crippen molar-refractivity contribution in [2.45, 2.75) is 26.2 Å². The van der Waals surface area contributed by atoms with Crippen LogP contribution >= 0.6 is 0 Å². The first-order valence-electron chi connectivity index (χ1n) is 10.8. The third-order valence-corrected chi connectivity index (χ3v) is 5.71. The van der Waals surface area contributed by atoms with Crippen molar-refractivity contribution < 1.29 is 4.39 Å². The molecule has 0 fully saturated rings. The van der Waals surface area contributed by atoms with Crippen molar-refractivity contribution in [1.82, 2.24) is 19.3 Å². The lowest BCUT2D eigenvalue weighted by Crippen LogP contribution is -2.22. The van der Waals surface area contributed by atoms with Crippen LogP contribution in [0.15, 0.2) is 89.9 Å². The van der Waals surface area contributed by atoms with Gasteiger partial charge >= 0.3 is 0 Å². The van der Waals surface area contributed by atoms with Gasteiger partial charge in [-0.25, -0.2) is 14.1 Å².